The highest BCUT2D eigenvalue weighted by Crippen LogP contribution is 2.15. The van der Waals surface area contributed by atoms with E-state index in [2.05, 4.69) is 4.90 Å². The highest BCUT2D eigenvalue weighted by atomic mass is 35.5. The van der Waals surface area contributed by atoms with Crippen molar-refractivity contribution in [3.05, 3.63) is 35.9 Å². The summed E-state index contributed by atoms with van der Waals surface area (Å²) in [4.78, 5) is 16.0. The molecule has 3 N–H and O–H groups in total. The summed E-state index contributed by atoms with van der Waals surface area (Å²) >= 11 is 0. The monoisotopic (exact) mass is 379 g/mol. The number of methoxy groups -OCH3 is 1. The van der Waals surface area contributed by atoms with Gasteiger partial charge in [0.1, 0.15) is 6.04 Å². The summed E-state index contributed by atoms with van der Waals surface area (Å²) in [6.45, 7) is 3.59. The molecule has 24 heavy (non-hydrogen) atoms. The van der Waals surface area contributed by atoms with Gasteiger partial charge in [-0.05, 0) is 5.56 Å². The first kappa shape index (κ1) is 23.1. The van der Waals surface area contributed by atoms with Crippen LogP contribution in [0.15, 0.2) is 30.3 Å². The fourth-order valence-corrected chi connectivity index (χ4v) is 2.66. The van der Waals surface area contributed by atoms with Crippen LogP contribution in [0.4, 0.5) is 0 Å². The van der Waals surface area contributed by atoms with Crippen molar-refractivity contribution >= 4 is 30.7 Å². The molecule has 0 saturated carbocycles. The first-order valence-electron chi connectivity index (χ1n) is 7.60. The minimum absolute atomic E-state index is 0. The summed E-state index contributed by atoms with van der Waals surface area (Å²) in [6, 6.07) is 9.04. The molecule has 2 unspecified atom stereocenters. The molecule has 2 atom stereocenters. The van der Waals surface area contributed by atoms with Crippen molar-refractivity contribution in [3.63, 3.8) is 0 Å². The number of benzene rings is 1. The number of hydrogen-bond donors (Lipinski definition) is 2. The van der Waals surface area contributed by atoms with Gasteiger partial charge < -0.3 is 20.5 Å². The maximum Gasteiger partial charge on any atom is 0.241 e. The number of halogens is 2. The van der Waals surface area contributed by atoms with E-state index < -0.39 is 12.1 Å². The van der Waals surface area contributed by atoms with Crippen molar-refractivity contribution in [1.82, 2.24) is 9.80 Å². The zero-order valence-corrected chi connectivity index (χ0v) is 15.5. The lowest BCUT2D eigenvalue weighted by Crippen LogP contribution is -2.54. The SMILES string of the molecule is COCC(N)C(=O)N1CCN(CC(O)c2ccccc2)CC1.Cl.Cl. The molecule has 1 aliphatic rings. The first-order valence-corrected chi connectivity index (χ1v) is 7.60. The maximum absolute atomic E-state index is 12.1. The molecule has 1 aromatic carbocycles. The summed E-state index contributed by atoms with van der Waals surface area (Å²) in [5.74, 6) is -0.0647. The molecule has 0 aromatic heterocycles. The van der Waals surface area contributed by atoms with Crippen LogP contribution in [0.5, 0.6) is 0 Å². The molecular weight excluding hydrogens is 353 g/mol. The van der Waals surface area contributed by atoms with Gasteiger partial charge in [0, 0.05) is 39.8 Å². The third kappa shape index (κ3) is 6.55. The Kier molecular flexibility index (Phi) is 11.2. The van der Waals surface area contributed by atoms with Gasteiger partial charge in [0.05, 0.1) is 12.7 Å². The van der Waals surface area contributed by atoms with E-state index in [-0.39, 0.29) is 37.3 Å². The Morgan fingerprint density at radius 2 is 1.79 bits per heavy atom. The van der Waals surface area contributed by atoms with Gasteiger partial charge in [-0.15, -0.1) is 24.8 Å². The van der Waals surface area contributed by atoms with Gasteiger partial charge in [-0.3, -0.25) is 9.69 Å². The van der Waals surface area contributed by atoms with E-state index in [1.807, 2.05) is 30.3 Å². The predicted molar refractivity (Wildman–Crippen MR) is 98.8 cm³/mol. The summed E-state index contributed by atoms with van der Waals surface area (Å²) in [5.41, 5.74) is 6.70. The number of ether oxygens (including phenoxy) is 1. The lowest BCUT2D eigenvalue weighted by Gasteiger charge is -2.36. The van der Waals surface area contributed by atoms with Crippen LogP contribution in [0.2, 0.25) is 0 Å². The van der Waals surface area contributed by atoms with Crippen LogP contribution in [0.3, 0.4) is 0 Å². The van der Waals surface area contributed by atoms with Gasteiger partial charge in [-0.1, -0.05) is 30.3 Å². The zero-order valence-electron chi connectivity index (χ0n) is 13.8. The van der Waals surface area contributed by atoms with Crippen molar-refractivity contribution in [2.45, 2.75) is 12.1 Å². The summed E-state index contributed by atoms with van der Waals surface area (Å²) in [6.07, 6.45) is -0.501. The van der Waals surface area contributed by atoms with Crippen molar-refractivity contribution in [1.29, 1.82) is 0 Å². The number of carbonyl (C=O) groups excluding carboxylic acids is 1. The minimum Gasteiger partial charge on any atom is -0.387 e. The van der Waals surface area contributed by atoms with Crippen molar-refractivity contribution < 1.29 is 14.6 Å². The average molecular weight is 380 g/mol. The van der Waals surface area contributed by atoms with Gasteiger partial charge in [-0.25, -0.2) is 0 Å². The molecule has 0 bridgehead atoms. The average Bonchev–Trinajstić information content (AvgIpc) is 2.56. The second-order valence-electron chi connectivity index (χ2n) is 5.61. The Labute approximate surface area is 155 Å². The van der Waals surface area contributed by atoms with Gasteiger partial charge in [0.2, 0.25) is 5.91 Å². The lowest BCUT2D eigenvalue weighted by molar-refractivity contribution is -0.135. The van der Waals surface area contributed by atoms with Crippen molar-refractivity contribution in [3.8, 4) is 0 Å². The molecule has 0 spiro atoms. The molecule has 8 heteroatoms. The van der Waals surface area contributed by atoms with E-state index in [0.29, 0.717) is 19.6 Å². The van der Waals surface area contributed by atoms with E-state index >= 15 is 0 Å². The van der Waals surface area contributed by atoms with Crippen LogP contribution in [-0.4, -0.2) is 73.3 Å². The number of aliphatic hydroxyl groups is 1. The fraction of sp³-hybridized carbons (Fsp3) is 0.562. The maximum atomic E-state index is 12.1. The molecule has 1 amide bonds. The highest BCUT2D eigenvalue weighted by molar-refractivity contribution is 5.85. The Balaban J connectivity index is 0.00000264. The van der Waals surface area contributed by atoms with Gasteiger partial charge >= 0.3 is 0 Å². The Bertz CT molecular complexity index is 471. The number of aliphatic hydroxyl groups excluding tert-OH is 1. The molecule has 1 heterocycles. The van der Waals surface area contributed by atoms with E-state index in [9.17, 15) is 9.90 Å². The van der Waals surface area contributed by atoms with Gasteiger partial charge in [0.15, 0.2) is 0 Å². The van der Waals surface area contributed by atoms with Crippen LogP contribution < -0.4 is 5.73 Å². The van der Waals surface area contributed by atoms with Gasteiger partial charge in [-0.2, -0.15) is 0 Å². The third-order valence-corrected chi connectivity index (χ3v) is 3.96. The van der Waals surface area contributed by atoms with Crippen molar-refractivity contribution in [2.24, 2.45) is 5.73 Å². The molecule has 6 nitrogen and oxygen atoms in total. The normalized spacial score (nSPS) is 17.4. The Morgan fingerprint density at radius 3 is 2.33 bits per heavy atom. The lowest BCUT2D eigenvalue weighted by atomic mass is 10.1. The number of nitrogens with zero attached hydrogens (tertiary/aromatic N) is 2. The van der Waals surface area contributed by atoms with Gasteiger partial charge in [0.25, 0.3) is 0 Å². The quantitative estimate of drug-likeness (QED) is 0.759. The summed E-state index contributed by atoms with van der Waals surface area (Å²) in [5, 5.41) is 10.2. The van der Waals surface area contributed by atoms with E-state index in [1.165, 1.54) is 7.11 Å². The smallest absolute Gasteiger partial charge is 0.241 e. The molecule has 1 aromatic rings. The standard InChI is InChI=1S/C16H25N3O3.2ClH/c1-22-12-14(17)16(21)19-9-7-18(8-10-19)11-15(20)13-5-3-2-4-6-13;;/h2-6,14-15,20H,7-12,17H2,1H3;2*1H. The van der Waals surface area contributed by atoms with Crippen LogP contribution in [0, 0.1) is 0 Å². The first-order chi connectivity index (χ1) is 10.6. The number of piperazine rings is 1. The second-order valence-corrected chi connectivity index (χ2v) is 5.61. The Hall–Kier alpha value is -0.890. The van der Waals surface area contributed by atoms with Crippen LogP contribution in [0.25, 0.3) is 0 Å². The highest BCUT2D eigenvalue weighted by Gasteiger charge is 2.26. The van der Waals surface area contributed by atoms with Crippen LogP contribution in [-0.2, 0) is 9.53 Å². The largest absolute Gasteiger partial charge is 0.387 e. The molecule has 2 rings (SSSR count). The molecule has 0 radical (unpaired) electrons. The molecule has 0 aliphatic carbocycles. The summed E-state index contributed by atoms with van der Waals surface area (Å²) < 4.78 is 4.92. The number of carbonyl (C=O) groups is 1. The summed E-state index contributed by atoms with van der Waals surface area (Å²) in [7, 11) is 1.54. The third-order valence-electron chi connectivity index (χ3n) is 3.96. The van der Waals surface area contributed by atoms with Crippen LogP contribution >= 0.6 is 24.8 Å². The minimum atomic E-state index is -0.591. The zero-order chi connectivity index (χ0) is 15.9. The van der Waals surface area contributed by atoms with E-state index in [0.717, 1.165) is 18.7 Å². The van der Waals surface area contributed by atoms with E-state index in [4.69, 9.17) is 10.5 Å². The molecular formula is C16H27Cl2N3O3. The molecule has 1 aliphatic heterocycles. The Morgan fingerprint density at radius 1 is 1.21 bits per heavy atom. The number of rotatable bonds is 6. The number of amides is 1. The molecule has 1 fully saturated rings. The molecule has 138 valence electrons. The number of nitrogens with two attached hydrogens (primary N) is 1. The van der Waals surface area contributed by atoms with Crippen molar-refractivity contribution in [2.75, 3.05) is 46.4 Å². The van der Waals surface area contributed by atoms with Crippen LogP contribution in [0.1, 0.15) is 11.7 Å². The van der Waals surface area contributed by atoms with E-state index in [1.54, 1.807) is 4.90 Å². The fourth-order valence-electron chi connectivity index (χ4n) is 2.66. The number of hydrogen-bond acceptors (Lipinski definition) is 5. The predicted octanol–water partition coefficient (Wildman–Crippen LogP) is 0.682. The molecule has 1 saturated heterocycles. The number of β-amino-alcohol motifs (C(OH)–C–C–N with tert-alkyl or cyclic N) is 1. The topological polar surface area (TPSA) is 79.0 Å². The second kappa shape index (κ2) is 11.6.